The first-order chi connectivity index (χ1) is 6.16. The zero-order valence-corrected chi connectivity index (χ0v) is 10.3. The number of halogens is 3. The molecular formula is C10H5BrFI. The van der Waals surface area contributed by atoms with E-state index in [1.807, 2.05) is 18.2 Å². The van der Waals surface area contributed by atoms with Gasteiger partial charge in [-0.05, 0) is 52.2 Å². The second-order valence-electron chi connectivity index (χ2n) is 2.75. The van der Waals surface area contributed by atoms with Gasteiger partial charge in [0.25, 0.3) is 0 Å². The molecule has 2 aromatic rings. The number of fused-ring (bicyclic) bond motifs is 1. The standard InChI is InChI=1S/C10H5BrFI/c11-7-2-1-6-3-8(13)5-10(12)9(6)4-7/h1-5H. The van der Waals surface area contributed by atoms with E-state index >= 15 is 0 Å². The van der Waals surface area contributed by atoms with Gasteiger partial charge in [0.05, 0.1) is 0 Å². The second-order valence-corrected chi connectivity index (χ2v) is 4.91. The average Bonchev–Trinajstić information content (AvgIpc) is 2.06. The normalized spacial score (nSPS) is 10.7. The fourth-order valence-corrected chi connectivity index (χ4v) is 2.22. The third-order valence-corrected chi connectivity index (χ3v) is 2.95. The first-order valence-electron chi connectivity index (χ1n) is 3.71. The minimum Gasteiger partial charge on any atom is -0.206 e. The van der Waals surface area contributed by atoms with Crippen molar-refractivity contribution in [1.82, 2.24) is 0 Å². The molecule has 13 heavy (non-hydrogen) atoms. The van der Waals surface area contributed by atoms with Gasteiger partial charge in [0, 0.05) is 13.4 Å². The Morgan fingerprint density at radius 3 is 2.69 bits per heavy atom. The van der Waals surface area contributed by atoms with Crippen LogP contribution < -0.4 is 0 Å². The van der Waals surface area contributed by atoms with Gasteiger partial charge in [0.1, 0.15) is 5.82 Å². The van der Waals surface area contributed by atoms with Gasteiger partial charge in [-0.25, -0.2) is 4.39 Å². The molecular weight excluding hydrogens is 346 g/mol. The molecule has 0 heterocycles. The second kappa shape index (κ2) is 3.53. The number of hydrogen-bond donors (Lipinski definition) is 0. The molecule has 0 fully saturated rings. The van der Waals surface area contributed by atoms with E-state index in [0.29, 0.717) is 5.39 Å². The maximum Gasteiger partial charge on any atom is 0.132 e. The zero-order valence-electron chi connectivity index (χ0n) is 6.52. The SMILES string of the molecule is Fc1cc(I)cc2ccc(Br)cc12. The predicted octanol–water partition coefficient (Wildman–Crippen LogP) is 4.35. The van der Waals surface area contributed by atoms with Crippen molar-refractivity contribution >= 4 is 49.3 Å². The van der Waals surface area contributed by atoms with E-state index in [9.17, 15) is 4.39 Å². The Morgan fingerprint density at radius 1 is 1.15 bits per heavy atom. The van der Waals surface area contributed by atoms with Crippen LogP contribution in [0.15, 0.2) is 34.8 Å². The summed E-state index contributed by atoms with van der Waals surface area (Å²) in [6.45, 7) is 0. The highest BCUT2D eigenvalue weighted by atomic mass is 127. The highest BCUT2D eigenvalue weighted by Crippen LogP contribution is 2.24. The molecule has 66 valence electrons. The maximum absolute atomic E-state index is 13.4. The Labute approximate surface area is 97.4 Å². The van der Waals surface area contributed by atoms with E-state index in [-0.39, 0.29) is 5.82 Å². The Balaban J connectivity index is 2.87. The van der Waals surface area contributed by atoms with E-state index in [2.05, 4.69) is 38.5 Å². The van der Waals surface area contributed by atoms with Gasteiger partial charge < -0.3 is 0 Å². The Morgan fingerprint density at radius 2 is 1.92 bits per heavy atom. The van der Waals surface area contributed by atoms with E-state index < -0.39 is 0 Å². The van der Waals surface area contributed by atoms with Crippen LogP contribution in [0.1, 0.15) is 0 Å². The zero-order chi connectivity index (χ0) is 9.42. The number of benzene rings is 2. The lowest BCUT2D eigenvalue weighted by Crippen LogP contribution is -1.81. The summed E-state index contributed by atoms with van der Waals surface area (Å²) in [6, 6.07) is 9.12. The summed E-state index contributed by atoms with van der Waals surface area (Å²) in [7, 11) is 0. The van der Waals surface area contributed by atoms with Crippen LogP contribution in [0.25, 0.3) is 10.8 Å². The highest BCUT2D eigenvalue weighted by Gasteiger charge is 2.02. The monoisotopic (exact) mass is 350 g/mol. The van der Waals surface area contributed by atoms with Crippen LogP contribution >= 0.6 is 38.5 Å². The van der Waals surface area contributed by atoms with Crippen LogP contribution in [0.2, 0.25) is 0 Å². The smallest absolute Gasteiger partial charge is 0.132 e. The lowest BCUT2D eigenvalue weighted by Gasteiger charge is -2.01. The summed E-state index contributed by atoms with van der Waals surface area (Å²) in [6.07, 6.45) is 0. The molecule has 0 aromatic heterocycles. The van der Waals surface area contributed by atoms with Gasteiger partial charge in [0.2, 0.25) is 0 Å². The van der Waals surface area contributed by atoms with Gasteiger partial charge >= 0.3 is 0 Å². The molecule has 0 aliphatic heterocycles. The molecule has 0 aliphatic rings. The van der Waals surface area contributed by atoms with Crippen molar-refractivity contribution < 1.29 is 4.39 Å². The third-order valence-electron chi connectivity index (χ3n) is 1.83. The Hall–Kier alpha value is -0.160. The van der Waals surface area contributed by atoms with Crippen LogP contribution in [-0.2, 0) is 0 Å². The van der Waals surface area contributed by atoms with Crippen molar-refractivity contribution in [3.63, 3.8) is 0 Å². The van der Waals surface area contributed by atoms with Crippen LogP contribution in [0, 0.1) is 9.39 Å². The fraction of sp³-hybridized carbons (Fsp3) is 0. The largest absolute Gasteiger partial charge is 0.206 e. The summed E-state index contributed by atoms with van der Waals surface area (Å²) in [4.78, 5) is 0. The molecule has 0 saturated carbocycles. The lowest BCUT2D eigenvalue weighted by atomic mass is 10.1. The van der Waals surface area contributed by atoms with Crippen molar-refractivity contribution in [2.75, 3.05) is 0 Å². The van der Waals surface area contributed by atoms with Crippen molar-refractivity contribution in [3.05, 3.63) is 44.2 Å². The van der Waals surface area contributed by atoms with Gasteiger partial charge in [-0.15, -0.1) is 0 Å². The molecule has 0 N–H and O–H groups in total. The third kappa shape index (κ3) is 1.86. The van der Waals surface area contributed by atoms with E-state index in [0.717, 1.165) is 13.4 Å². The molecule has 0 saturated heterocycles. The lowest BCUT2D eigenvalue weighted by molar-refractivity contribution is 0.639. The molecule has 0 unspecified atom stereocenters. The van der Waals surface area contributed by atoms with Gasteiger partial charge in [-0.1, -0.05) is 22.0 Å². The molecule has 0 bridgehead atoms. The Bertz CT molecular complexity index is 468. The topological polar surface area (TPSA) is 0 Å². The van der Waals surface area contributed by atoms with Crippen LogP contribution in [0.3, 0.4) is 0 Å². The molecule has 2 aromatic carbocycles. The summed E-state index contributed by atoms with van der Waals surface area (Å²) >= 11 is 5.43. The summed E-state index contributed by atoms with van der Waals surface area (Å²) in [5, 5.41) is 1.60. The molecule has 0 atom stereocenters. The molecule has 0 spiro atoms. The quantitative estimate of drug-likeness (QED) is 0.620. The van der Waals surface area contributed by atoms with Crippen molar-refractivity contribution in [1.29, 1.82) is 0 Å². The van der Waals surface area contributed by atoms with E-state index in [1.165, 1.54) is 6.07 Å². The minimum absolute atomic E-state index is 0.164. The van der Waals surface area contributed by atoms with Crippen molar-refractivity contribution in [2.24, 2.45) is 0 Å². The van der Waals surface area contributed by atoms with Gasteiger partial charge in [-0.3, -0.25) is 0 Å². The predicted molar refractivity (Wildman–Crippen MR) is 64.3 cm³/mol. The van der Waals surface area contributed by atoms with Gasteiger partial charge in [0.15, 0.2) is 0 Å². The Kier molecular flexibility index (Phi) is 2.55. The number of hydrogen-bond acceptors (Lipinski definition) is 0. The van der Waals surface area contributed by atoms with Crippen molar-refractivity contribution in [2.45, 2.75) is 0 Å². The van der Waals surface area contributed by atoms with Crippen molar-refractivity contribution in [3.8, 4) is 0 Å². The van der Waals surface area contributed by atoms with E-state index in [4.69, 9.17) is 0 Å². The molecule has 0 nitrogen and oxygen atoms in total. The van der Waals surface area contributed by atoms with Crippen LogP contribution in [0.4, 0.5) is 4.39 Å². The fourth-order valence-electron chi connectivity index (χ4n) is 1.25. The molecule has 0 aliphatic carbocycles. The molecule has 3 heteroatoms. The maximum atomic E-state index is 13.4. The molecule has 0 amide bonds. The first-order valence-corrected chi connectivity index (χ1v) is 5.58. The molecule has 2 rings (SSSR count). The van der Waals surface area contributed by atoms with Crippen LogP contribution in [0.5, 0.6) is 0 Å². The highest BCUT2D eigenvalue weighted by molar-refractivity contribution is 14.1. The minimum atomic E-state index is -0.164. The van der Waals surface area contributed by atoms with E-state index in [1.54, 1.807) is 6.07 Å². The number of rotatable bonds is 0. The summed E-state index contributed by atoms with van der Waals surface area (Å²) < 4.78 is 15.2. The van der Waals surface area contributed by atoms with Crippen LogP contribution in [-0.4, -0.2) is 0 Å². The van der Waals surface area contributed by atoms with Gasteiger partial charge in [-0.2, -0.15) is 0 Å². The first kappa shape index (κ1) is 9.40. The summed E-state index contributed by atoms with van der Waals surface area (Å²) in [5.41, 5.74) is 0. The average molecular weight is 351 g/mol. The summed E-state index contributed by atoms with van der Waals surface area (Å²) in [5.74, 6) is -0.164. The molecule has 0 radical (unpaired) electrons.